The van der Waals surface area contributed by atoms with Gasteiger partial charge in [0, 0.05) is 26.0 Å². The summed E-state index contributed by atoms with van der Waals surface area (Å²) < 4.78 is 7.27. The number of nitrogens with one attached hydrogen (secondary N) is 1. The summed E-state index contributed by atoms with van der Waals surface area (Å²) in [5, 5.41) is 7.51. The molecule has 0 amide bonds. The van der Waals surface area contributed by atoms with Gasteiger partial charge in [0.25, 0.3) is 0 Å². The summed E-state index contributed by atoms with van der Waals surface area (Å²) >= 11 is 0. The minimum atomic E-state index is 0.595. The van der Waals surface area contributed by atoms with E-state index in [1.807, 2.05) is 24.4 Å². The molecule has 0 aliphatic heterocycles. The van der Waals surface area contributed by atoms with Crippen molar-refractivity contribution in [3.8, 4) is 0 Å². The Labute approximate surface area is 107 Å². The summed E-state index contributed by atoms with van der Waals surface area (Å²) in [4.78, 5) is 4.36. The highest BCUT2D eigenvalue weighted by Gasteiger charge is 2.01. The second-order valence-corrected chi connectivity index (χ2v) is 4.69. The van der Waals surface area contributed by atoms with Crippen LogP contribution in [0.25, 0.3) is 5.65 Å². The highest BCUT2D eigenvalue weighted by atomic mass is 16.5. The van der Waals surface area contributed by atoms with E-state index >= 15 is 0 Å². The van der Waals surface area contributed by atoms with E-state index in [-0.39, 0.29) is 0 Å². The van der Waals surface area contributed by atoms with Gasteiger partial charge in [-0.1, -0.05) is 19.9 Å². The molecule has 2 aromatic heterocycles. The van der Waals surface area contributed by atoms with Crippen LogP contribution in [0.15, 0.2) is 24.4 Å². The molecule has 0 fully saturated rings. The Morgan fingerprint density at radius 2 is 2.28 bits per heavy atom. The van der Waals surface area contributed by atoms with Gasteiger partial charge in [0.15, 0.2) is 5.65 Å². The summed E-state index contributed by atoms with van der Waals surface area (Å²) in [5.74, 6) is 1.27. The Morgan fingerprint density at radius 3 is 3.06 bits per heavy atom. The lowest BCUT2D eigenvalue weighted by Gasteiger charge is -2.06. The average molecular weight is 248 g/mol. The lowest BCUT2D eigenvalue weighted by Crippen LogP contribution is -2.09. The number of ether oxygens (including phenoxy) is 1. The van der Waals surface area contributed by atoms with Gasteiger partial charge in [-0.25, -0.2) is 4.52 Å². The third-order valence-electron chi connectivity index (χ3n) is 2.44. The molecule has 2 aromatic rings. The van der Waals surface area contributed by atoms with E-state index < -0.39 is 0 Å². The van der Waals surface area contributed by atoms with Crippen LogP contribution in [0, 0.1) is 5.92 Å². The highest BCUT2D eigenvalue weighted by molar-refractivity contribution is 5.42. The van der Waals surface area contributed by atoms with Crippen LogP contribution in [0.4, 0.5) is 5.95 Å². The topological polar surface area (TPSA) is 51.5 Å². The van der Waals surface area contributed by atoms with Gasteiger partial charge < -0.3 is 10.1 Å². The van der Waals surface area contributed by atoms with E-state index in [9.17, 15) is 0 Å². The third-order valence-corrected chi connectivity index (χ3v) is 2.44. The molecule has 0 saturated carbocycles. The fraction of sp³-hybridized carbons (Fsp3) is 0.538. The molecule has 5 nitrogen and oxygen atoms in total. The average Bonchev–Trinajstić information content (AvgIpc) is 2.75. The zero-order valence-electron chi connectivity index (χ0n) is 11.0. The number of aromatic nitrogens is 3. The molecule has 0 aliphatic rings. The molecule has 18 heavy (non-hydrogen) atoms. The molecule has 2 heterocycles. The molecule has 0 atom stereocenters. The SMILES string of the molecule is CC(C)COCCCNc1nc2ccccn2n1. The first kappa shape index (κ1) is 12.8. The van der Waals surface area contributed by atoms with Crippen LogP contribution in [0.1, 0.15) is 20.3 Å². The highest BCUT2D eigenvalue weighted by Crippen LogP contribution is 2.04. The molecule has 0 aromatic carbocycles. The van der Waals surface area contributed by atoms with Gasteiger partial charge in [0.1, 0.15) is 0 Å². The maximum absolute atomic E-state index is 5.51. The Morgan fingerprint density at radius 1 is 1.39 bits per heavy atom. The minimum absolute atomic E-state index is 0.595. The standard InChI is InChI=1S/C13H20N4O/c1-11(2)10-18-9-5-7-14-13-15-12-6-3-4-8-17(12)16-13/h3-4,6,8,11H,5,7,9-10H2,1-2H3,(H,14,16). The van der Waals surface area contributed by atoms with Crippen molar-refractivity contribution in [2.45, 2.75) is 20.3 Å². The second kappa shape index (κ2) is 6.35. The van der Waals surface area contributed by atoms with Crippen LogP contribution in [0.2, 0.25) is 0 Å². The molecule has 1 N–H and O–H groups in total. The van der Waals surface area contributed by atoms with Gasteiger partial charge in [0.2, 0.25) is 5.95 Å². The van der Waals surface area contributed by atoms with Gasteiger partial charge in [-0.15, -0.1) is 5.10 Å². The largest absolute Gasteiger partial charge is 0.381 e. The second-order valence-electron chi connectivity index (χ2n) is 4.69. The van der Waals surface area contributed by atoms with E-state index in [0.717, 1.165) is 31.8 Å². The maximum atomic E-state index is 5.51. The van der Waals surface area contributed by atoms with Crippen molar-refractivity contribution in [1.82, 2.24) is 14.6 Å². The van der Waals surface area contributed by atoms with Crippen LogP contribution < -0.4 is 5.32 Å². The molecule has 0 aliphatic carbocycles. The number of fused-ring (bicyclic) bond motifs is 1. The smallest absolute Gasteiger partial charge is 0.243 e. The Hall–Kier alpha value is -1.62. The van der Waals surface area contributed by atoms with E-state index in [2.05, 4.69) is 29.2 Å². The Kier molecular flexibility index (Phi) is 4.52. The van der Waals surface area contributed by atoms with E-state index in [1.54, 1.807) is 4.52 Å². The van der Waals surface area contributed by atoms with Crippen molar-refractivity contribution in [2.24, 2.45) is 5.92 Å². The van der Waals surface area contributed by atoms with Crippen molar-refractivity contribution in [2.75, 3.05) is 25.1 Å². The van der Waals surface area contributed by atoms with Gasteiger partial charge in [-0.2, -0.15) is 4.98 Å². The molecular weight excluding hydrogens is 228 g/mol. The van der Waals surface area contributed by atoms with E-state index in [1.165, 1.54) is 0 Å². The third kappa shape index (κ3) is 3.70. The van der Waals surface area contributed by atoms with E-state index in [0.29, 0.717) is 11.9 Å². The molecule has 2 rings (SSSR count). The Balaban J connectivity index is 1.70. The number of nitrogens with zero attached hydrogens (tertiary/aromatic N) is 3. The van der Waals surface area contributed by atoms with Gasteiger partial charge in [-0.3, -0.25) is 0 Å². The first-order valence-electron chi connectivity index (χ1n) is 6.39. The normalized spacial score (nSPS) is 11.3. The summed E-state index contributed by atoms with van der Waals surface area (Å²) in [6.07, 6.45) is 2.85. The summed E-state index contributed by atoms with van der Waals surface area (Å²) in [7, 11) is 0. The van der Waals surface area contributed by atoms with Crippen LogP contribution in [0.3, 0.4) is 0 Å². The molecule has 0 bridgehead atoms. The molecule has 0 spiro atoms. The number of anilines is 1. The Bertz CT molecular complexity index is 448. The number of rotatable bonds is 7. The lowest BCUT2D eigenvalue weighted by atomic mass is 10.2. The van der Waals surface area contributed by atoms with Crippen molar-refractivity contribution in [3.05, 3.63) is 24.4 Å². The molecular formula is C13H20N4O. The zero-order chi connectivity index (χ0) is 12.8. The first-order valence-corrected chi connectivity index (χ1v) is 6.39. The maximum Gasteiger partial charge on any atom is 0.243 e. The van der Waals surface area contributed by atoms with Crippen LogP contribution in [-0.2, 0) is 4.74 Å². The van der Waals surface area contributed by atoms with E-state index in [4.69, 9.17) is 4.74 Å². The van der Waals surface area contributed by atoms with Crippen LogP contribution >= 0.6 is 0 Å². The number of hydrogen-bond acceptors (Lipinski definition) is 4. The monoisotopic (exact) mass is 248 g/mol. The lowest BCUT2D eigenvalue weighted by molar-refractivity contribution is 0.110. The zero-order valence-corrected chi connectivity index (χ0v) is 11.0. The summed E-state index contributed by atoms with van der Waals surface area (Å²) in [6.45, 7) is 6.73. The number of hydrogen-bond donors (Lipinski definition) is 1. The van der Waals surface area contributed by atoms with Gasteiger partial charge >= 0.3 is 0 Å². The van der Waals surface area contributed by atoms with Crippen molar-refractivity contribution in [3.63, 3.8) is 0 Å². The fourth-order valence-corrected chi connectivity index (χ4v) is 1.60. The predicted molar refractivity (Wildman–Crippen MR) is 71.8 cm³/mol. The molecule has 0 saturated heterocycles. The fourth-order valence-electron chi connectivity index (χ4n) is 1.60. The molecule has 5 heteroatoms. The van der Waals surface area contributed by atoms with Crippen molar-refractivity contribution in [1.29, 1.82) is 0 Å². The van der Waals surface area contributed by atoms with Crippen LogP contribution in [-0.4, -0.2) is 34.4 Å². The van der Waals surface area contributed by atoms with Gasteiger partial charge in [0.05, 0.1) is 0 Å². The first-order chi connectivity index (χ1) is 8.75. The minimum Gasteiger partial charge on any atom is -0.381 e. The van der Waals surface area contributed by atoms with Crippen LogP contribution in [0.5, 0.6) is 0 Å². The molecule has 0 radical (unpaired) electrons. The molecule has 0 unspecified atom stereocenters. The van der Waals surface area contributed by atoms with Gasteiger partial charge in [-0.05, 0) is 24.5 Å². The van der Waals surface area contributed by atoms with Crippen molar-refractivity contribution >= 4 is 11.6 Å². The number of pyridine rings is 1. The summed E-state index contributed by atoms with van der Waals surface area (Å²) in [5.41, 5.74) is 0.857. The predicted octanol–water partition coefficient (Wildman–Crippen LogP) is 2.20. The summed E-state index contributed by atoms with van der Waals surface area (Å²) in [6, 6.07) is 5.82. The van der Waals surface area contributed by atoms with Crippen molar-refractivity contribution < 1.29 is 4.74 Å². The molecule has 98 valence electrons. The quantitative estimate of drug-likeness (QED) is 0.763.